The molecule has 0 atom stereocenters. The Kier molecular flexibility index (Phi) is 3.76. The fourth-order valence-electron chi connectivity index (χ4n) is 1.84. The van der Waals surface area contributed by atoms with Gasteiger partial charge in [-0.15, -0.1) is 0 Å². The summed E-state index contributed by atoms with van der Waals surface area (Å²) in [5.74, 6) is 0.601. The highest BCUT2D eigenvalue weighted by molar-refractivity contribution is 5.70. The van der Waals surface area contributed by atoms with E-state index in [1.54, 1.807) is 24.3 Å². The van der Waals surface area contributed by atoms with Crippen LogP contribution in [0.5, 0.6) is 5.75 Å². The zero-order chi connectivity index (χ0) is 13.8. The molecule has 7 heteroatoms. The maximum absolute atomic E-state index is 11.0. The molecule has 7 nitrogen and oxygen atoms in total. The van der Waals surface area contributed by atoms with Crippen molar-refractivity contribution < 1.29 is 14.8 Å². The van der Waals surface area contributed by atoms with E-state index in [1.807, 2.05) is 0 Å². The quantitative estimate of drug-likeness (QED) is 0.651. The number of nitro groups is 1. The number of benzene rings is 1. The molecule has 0 saturated heterocycles. The molecule has 1 N–H and O–H groups in total. The lowest BCUT2D eigenvalue weighted by atomic mass is 10.1. The van der Waals surface area contributed by atoms with Crippen LogP contribution in [-0.2, 0) is 6.54 Å². The van der Waals surface area contributed by atoms with Crippen molar-refractivity contribution in [1.29, 1.82) is 0 Å². The monoisotopic (exact) mass is 263 g/mol. The van der Waals surface area contributed by atoms with Gasteiger partial charge in [0.05, 0.1) is 25.2 Å². The van der Waals surface area contributed by atoms with E-state index < -0.39 is 4.92 Å². The lowest BCUT2D eigenvalue weighted by molar-refractivity contribution is -0.384. The molecule has 0 spiro atoms. The molecule has 0 aliphatic rings. The van der Waals surface area contributed by atoms with Crippen molar-refractivity contribution in [3.05, 3.63) is 40.6 Å². The molecule has 0 unspecified atom stereocenters. The predicted molar refractivity (Wildman–Crippen MR) is 68.0 cm³/mol. The number of aliphatic hydroxyl groups excluding tert-OH is 1. The lowest BCUT2D eigenvalue weighted by Gasteiger charge is -2.07. The smallest absolute Gasteiger partial charge is 0.314 e. The van der Waals surface area contributed by atoms with Gasteiger partial charge in [0, 0.05) is 5.56 Å². The van der Waals surface area contributed by atoms with Gasteiger partial charge in [-0.2, -0.15) is 5.10 Å². The summed E-state index contributed by atoms with van der Waals surface area (Å²) in [4.78, 5) is 10.5. The van der Waals surface area contributed by atoms with Crippen molar-refractivity contribution in [2.75, 3.05) is 13.7 Å². The van der Waals surface area contributed by atoms with Gasteiger partial charge in [0.25, 0.3) is 0 Å². The molecule has 0 radical (unpaired) electrons. The van der Waals surface area contributed by atoms with E-state index in [2.05, 4.69) is 5.10 Å². The largest absolute Gasteiger partial charge is 0.497 e. The Balaban J connectivity index is 2.57. The molecule has 1 heterocycles. The molecule has 2 aromatic rings. The molecule has 0 saturated carbocycles. The van der Waals surface area contributed by atoms with Gasteiger partial charge in [-0.1, -0.05) is 12.1 Å². The first-order chi connectivity index (χ1) is 9.17. The molecular weight excluding hydrogens is 250 g/mol. The molecule has 0 aliphatic carbocycles. The van der Waals surface area contributed by atoms with Gasteiger partial charge in [0.2, 0.25) is 0 Å². The fraction of sp³-hybridized carbons (Fsp3) is 0.250. The summed E-state index contributed by atoms with van der Waals surface area (Å²) in [6.45, 7) is 0.0518. The highest BCUT2D eigenvalue weighted by Crippen LogP contribution is 2.31. The second-order valence-electron chi connectivity index (χ2n) is 3.81. The number of hydrogen-bond acceptors (Lipinski definition) is 5. The Labute approximate surface area is 109 Å². The normalized spacial score (nSPS) is 10.4. The van der Waals surface area contributed by atoms with Crippen molar-refractivity contribution in [3.8, 4) is 17.0 Å². The third kappa shape index (κ3) is 2.55. The Hall–Kier alpha value is -2.41. The van der Waals surface area contributed by atoms with Gasteiger partial charge in [0.1, 0.15) is 17.6 Å². The fourth-order valence-corrected chi connectivity index (χ4v) is 1.84. The van der Waals surface area contributed by atoms with Gasteiger partial charge in [-0.3, -0.25) is 14.8 Å². The molecule has 100 valence electrons. The zero-order valence-corrected chi connectivity index (χ0v) is 10.3. The molecule has 19 heavy (non-hydrogen) atoms. The first kappa shape index (κ1) is 13.0. The standard InChI is InChI=1S/C12H13N3O4/c1-19-10-4-2-3-9(7-10)12-11(15(17)18)8-13-14(12)5-6-16/h2-4,7-8,16H,5-6H2,1H3. The molecule has 1 aromatic heterocycles. The minimum atomic E-state index is -0.490. The summed E-state index contributed by atoms with van der Waals surface area (Å²) < 4.78 is 6.51. The van der Waals surface area contributed by atoms with Gasteiger partial charge in [-0.25, -0.2) is 0 Å². The number of aliphatic hydroxyl groups is 1. The minimum absolute atomic E-state index is 0.0956. The van der Waals surface area contributed by atoms with E-state index in [-0.39, 0.29) is 18.8 Å². The van der Waals surface area contributed by atoms with E-state index in [4.69, 9.17) is 9.84 Å². The van der Waals surface area contributed by atoms with Gasteiger partial charge in [-0.05, 0) is 12.1 Å². The first-order valence-corrected chi connectivity index (χ1v) is 5.63. The van der Waals surface area contributed by atoms with Crippen molar-refractivity contribution in [1.82, 2.24) is 9.78 Å². The van der Waals surface area contributed by atoms with Crippen LogP contribution in [0.2, 0.25) is 0 Å². The number of methoxy groups -OCH3 is 1. The molecule has 0 fully saturated rings. The van der Waals surface area contributed by atoms with Crippen LogP contribution in [0.15, 0.2) is 30.5 Å². The maximum Gasteiger partial charge on any atom is 0.314 e. The minimum Gasteiger partial charge on any atom is -0.497 e. The van der Waals surface area contributed by atoms with Gasteiger partial charge >= 0.3 is 5.69 Å². The molecule has 0 bridgehead atoms. The first-order valence-electron chi connectivity index (χ1n) is 5.63. The van der Waals surface area contributed by atoms with E-state index >= 15 is 0 Å². The predicted octanol–water partition coefficient (Wildman–Crippen LogP) is 1.46. The van der Waals surface area contributed by atoms with Crippen LogP contribution in [0, 0.1) is 10.1 Å². The van der Waals surface area contributed by atoms with Crippen LogP contribution in [0.3, 0.4) is 0 Å². The van der Waals surface area contributed by atoms with Crippen LogP contribution >= 0.6 is 0 Å². The number of ether oxygens (including phenoxy) is 1. The van der Waals surface area contributed by atoms with E-state index in [0.717, 1.165) is 0 Å². The maximum atomic E-state index is 11.0. The second kappa shape index (κ2) is 5.49. The lowest BCUT2D eigenvalue weighted by Crippen LogP contribution is -2.06. The third-order valence-corrected chi connectivity index (χ3v) is 2.67. The average Bonchev–Trinajstić information content (AvgIpc) is 2.83. The zero-order valence-electron chi connectivity index (χ0n) is 10.3. The Morgan fingerprint density at radius 1 is 1.53 bits per heavy atom. The third-order valence-electron chi connectivity index (χ3n) is 2.67. The summed E-state index contributed by atoms with van der Waals surface area (Å²) in [5, 5.41) is 23.9. The highest BCUT2D eigenvalue weighted by atomic mass is 16.6. The Morgan fingerprint density at radius 3 is 2.95 bits per heavy atom. The van der Waals surface area contributed by atoms with Crippen LogP contribution in [0.25, 0.3) is 11.3 Å². The van der Waals surface area contributed by atoms with Crippen LogP contribution in [0.4, 0.5) is 5.69 Å². The second-order valence-corrected chi connectivity index (χ2v) is 3.81. The van der Waals surface area contributed by atoms with Crippen LogP contribution in [0.1, 0.15) is 0 Å². The van der Waals surface area contributed by atoms with Crippen molar-refractivity contribution in [2.45, 2.75) is 6.54 Å². The van der Waals surface area contributed by atoms with Gasteiger partial charge in [0.15, 0.2) is 0 Å². The average molecular weight is 263 g/mol. The molecule has 1 aromatic carbocycles. The number of hydrogen-bond donors (Lipinski definition) is 1. The van der Waals surface area contributed by atoms with E-state index in [1.165, 1.54) is 18.0 Å². The number of nitrogens with zero attached hydrogens (tertiary/aromatic N) is 3. The summed E-state index contributed by atoms with van der Waals surface area (Å²) in [6, 6.07) is 6.93. The molecule has 2 rings (SSSR count). The summed E-state index contributed by atoms with van der Waals surface area (Å²) in [6.07, 6.45) is 1.18. The number of rotatable bonds is 5. The summed E-state index contributed by atoms with van der Waals surface area (Å²) in [7, 11) is 1.53. The molecule has 0 amide bonds. The van der Waals surface area contributed by atoms with Crippen LogP contribution in [-0.4, -0.2) is 33.5 Å². The highest BCUT2D eigenvalue weighted by Gasteiger charge is 2.22. The number of aromatic nitrogens is 2. The Morgan fingerprint density at radius 2 is 2.32 bits per heavy atom. The van der Waals surface area contributed by atoms with Crippen molar-refractivity contribution >= 4 is 5.69 Å². The van der Waals surface area contributed by atoms with Crippen molar-refractivity contribution in [3.63, 3.8) is 0 Å². The molecular formula is C12H13N3O4. The summed E-state index contributed by atoms with van der Waals surface area (Å²) in [5.41, 5.74) is 0.886. The SMILES string of the molecule is COc1cccc(-c2c([N+](=O)[O-])cnn2CCO)c1. The molecule has 0 aliphatic heterocycles. The van der Waals surface area contributed by atoms with Gasteiger partial charge < -0.3 is 9.84 Å². The van der Waals surface area contributed by atoms with E-state index in [0.29, 0.717) is 17.0 Å². The summed E-state index contributed by atoms with van der Waals surface area (Å²) >= 11 is 0. The Bertz CT molecular complexity index is 594. The van der Waals surface area contributed by atoms with Crippen LogP contribution < -0.4 is 4.74 Å². The van der Waals surface area contributed by atoms with E-state index in [9.17, 15) is 10.1 Å². The topological polar surface area (TPSA) is 90.4 Å². The van der Waals surface area contributed by atoms with Crippen molar-refractivity contribution in [2.24, 2.45) is 0 Å².